The van der Waals surface area contributed by atoms with Gasteiger partial charge in [-0.1, -0.05) is 48.9 Å². The number of rotatable bonds is 9. The van der Waals surface area contributed by atoms with Gasteiger partial charge in [0.1, 0.15) is 0 Å². The predicted molar refractivity (Wildman–Crippen MR) is 139 cm³/mol. The molecule has 0 fully saturated rings. The second-order valence-electron chi connectivity index (χ2n) is 8.58. The molecule has 0 aliphatic carbocycles. The molecular formula is C28H29ClN4O2. The molecule has 0 unspecified atom stereocenters. The fourth-order valence-corrected chi connectivity index (χ4v) is 4.50. The van der Waals surface area contributed by atoms with Crippen LogP contribution in [-0.4, -0.2) is 39.3 Å². The number of ketones is 1. The Balaban J connectivity index is 1.58. The Kier molecular flexibility index (Phi) is 7.51. The number of aromatic nitrogens is 2. The van der Waals surface area contributed by atoms with Crippen LogP contribution in [0.2, 0.25) is 5.02 Å². The van der Waals surface area contributed by atoms with Gasteiger partial charge in [0, 0.05) is 36.3 Å². The van der Waals surface area contributed by atoms with Crippen LogP contribution in [0, 0.1) is 5.41 Å². The number of benzene rings is 3. The van der Waals surface area contributed by atoms with Gasteiger partial charge in [-0.15, -0.1) is 0 Å². The second-order valence-corrected chi connectivity index (χ2v) is 9.01. The van der Waals surface area contributed by atoms with E-state index in [2.05, 4.69) is 13.0 Å². The Hall–Kier alpha value is -3.64. The summed E-state index contributed by atoms with van der Waals surface area (Å²) in [5.74, 6) is -0.0961. The van der Waals surface area contributed by atoms with Gasteiger partial charge in [0.2, 0.25) is 5.62 Å². The van der Waals surface area contributed by atoms with Crippen LogP contribution in [0.25, 0.3) is 11.0 Å². The van der Waals surface area contributed by atoms with Crippen molar-refractivity contribution >= 4 is 34.3 Å². The molecule has 0 aliphatic heterocycles. The number of fused-ring (bicyclic) bond motifs is 1. The summed E-state index contributed by atoms with van der Waals surface area (Å²) in [6, 6.07) is 22.1. The van der Waals surface area contributed by atoms with Crippen LogP contribution in [0.5, 0.6) is 0 Å². The minimum Gasteiger partial charge on any atom is -0.342 e. The minimum atomic E-state index is -0.0747. The van der Waals surface area contributed by atoms with E-state index in [-0.39, 0.29) is 23.9 Å². The average molecular weight is 489 g/mol. The monoisotopic (exact) mass is 488 g/mol. The third-order valence-electron chi connectivity index (χ3n) is 6.26. The van der Waals surface area contributed by atoms with E-state index in [9.17, 15) is 9.59 Å². The molecule has 35 heavy (non-hydrogen) atoms. The Morgan fingerprint density at radius 3 is 2.31 bits per heavy atom. The first-order valence-electron chi connectivity index (χ1n) is 11.8. The Morgan fingerprint density at radius 1 is 0.914 bits per heavy atom. The van der Waals surface area contributed by atoms with E-state index < -0.39 is 0 Å². The van der Waals surface area contributed by atoms with E-state index in [4.69, 9.17) is 17.0 Å². The van der Waals surface area contributed by atoms with Crippen molar-refractivity contribution in [2.24, 2.45) is 0 Å². The number of nitrogens with one attached hydrogen (secondary N) is 1. The topological polar surface area (TPSA) is 71.1 Å². The molecule has 6 nitrogen and oxygen atoms in total. The lowest BCUT2D eigenvalue weighted by molar-refractivity contribution is 0.0791. The maximum Gasteiger partial charge on any atom is 0.253 e. The first-order valence-corrected chi connectivity index (χ1v) is 12.1. The minimum absolute atomic E-state index is 0.0214. The number of amides is 1. The number of hydrogen-bond acceptors (Lipinski definition) is 3. The summed E-state index contributed by atoms with van der Waals surface area (Å²) in [6.07, 6.45) is 1.51. The molecular weight excluding hydrogens is 460 g/mol. The van der Waals surface area contributed by atoms with Crippen LogP contribution in [0.4, 0.5) is 0 Å². The normalized spacial score (nSPS) is 11.1. The van der Waals surface area contributed by atoms with Gasteiger partial charge in [0.25, 0.3) is 5.91 Å². The van der Waals surface area contributed by atoms with Crippen LogP contribution >= 0.6 is 11.6 Å². The standard InChI is InChI=1S/C28H29ClN4O2/c1-3-20-11-7-12-24-26(20)32(18-8-17-31(2)27(35)22-9-5-4-6-10-22)28(30)33(24)19-25(34)21-13-15-23(29)16-14-21/h4-7,9-16,30H,3,8,17-19H2,1-2H3. The molecule has 7 heteroatoms. The number of imidazole rings is 1. The molecule has 1 amide bonds. The number of halogens is 1. The Bertz CT molecular complexity index is 1400. The van der Waals surface area contributed by atoms with E-state index in [1.54, 1.807) is 40.8 Å². The van der Waals surface area contributed by atoms with Gasteiger partial charge in [-0.05, 0) is 60.9 Å². The summed E-state index contributed by atoms with van der Waals surface area (Å²) in [4.78, 5) is 27.4. The second kappa shape index (κ2) is 10.7. The van der Waals surface area contributed by atoms with Crippen LogP contribution in [0.3, 0.4) is 0 Å². The van der Waals surface area contributed by atoms with Crippen molar-refractivity contribution in [3.8, 4) is 0 Å². The van der Waals surface area contributed by atoms with Crippen molar-refractivity contribution in [1.82, 2.24) is 14.0 Å². The zero-order valence-corrected chi connectivity index (χ0v) is 20.8. The highest BCUT2D eigenvalue weighted by Gasteiger charge is 2.17. The van der Waals surface area contributed by atoms with Gasteiger partial charge in [0.05, 0.1) is 17.6 Å². The van der Waals surface area contributed by atoms with E-state index in [1.165, 1.54) is 0 Å². The molecule has 180 valence electrons. The molecule has 0 bridgehead atoms. The van der Waals surface area contributed by atoms with Gasteiger partial charge in [0.15, 0.2) is 5.78 Å². The lowest BCUT2D eigenvalue weighted by Crippen LogP contribution is -2.31. The molecule has 4 aromatic rings. The lowest BCUT2D eigenvalue weighted by Gasteiger charge is -2.17. The lowest BCUT2D eigenvalue weighted by atomic mass is 10.1. The summed E-state index contributed by atoms with van der Waals surface area (Å²) in [6.45, 7) is 3.29. The largest absolute Gasteiger partial charge is 0.342 e. The summed E-state index contributed by atoms with van der Waals surface area (Å²) >= 11 is 5.97. The first-order chi connectivity index (χ1) is 16.9. The van der Waals surface area contributed by atoms with E-state index >= 15 is 0 Å². The fraction of sp³-hybridized carbons (Fsp3) is 0.250. The van der Waals surface area contributed by atoms with E-state index in [1.807, 2.05) is 47.0 Å². The maximum absolute atomic E-state index is 13.0. The van der Waals surface area contributed by atoms with Crippen molar-refractivity contribution in [3.05, 3.63) is 100 Å². The van der Waals surface area contributed by atoms with Crippen LogP contribution in [0.1, 0.15) is 39.6 Å². The summed E-state index contributed by atoms with van der Waals surface area (Å²) in [5.41, 5.74) is 4.47. The first kappa shape index (κ1) is 24.5. The zero-order chi connectivity index (χ0) is 24.9. The van der Waals surface area contributed by atoms with Gasteiger partial charge < -0.3 is 14.0 Å². The smallest absolute Gasteiger partial charge is 0.253 e. The Labute approximate surface area is 209 Å². The summed E-state index contributed by atoms with van der Waals surface area (Å²) in [7, 11) is 1.80. The maximum atomic E-state index is 13.0. The molecule has 0 aliphatic rings. The average Bonchev–Trinajstić information content (AvgIpc) is 3.15. The molecule has 1 N–H and O–H groups in total. The van der Waals surface area contributed by atoms with Gasteiger partial charge in [-0.2, -0.15) is 0 Å². The van der Waals surface area contributed by atoms with Crippen molar-refractivity contribution in [3.63, 3.8) is 0 Å². The number of Topliss-reactive ketones (excluding diaryl/α,β-unsaturated/α-hetero) is 1. The molecule has 0 atom stereocenters. The van der Waals surface area contributed by atoms with E-state index in [0.717, 1.165) is 23.0 Å². The quantitative estimate of drug-likeness (QED) is 0.329. The molecule has 3 aromatic carbocycles. The van der Waals surface area contributed by atoms with Gasteiger partial charge in [-0.25, -0.2) is 0 Å². The highest BCUT2D eigenvalue weighted by atomic mass is 35.5. The van der Waals surface area contributed by atoms with Crippen LogP contribution in [0.15, 0.2) is 72.8 Å². The molecule has 0 saturated carbocycles. The highest BCUT2D eigenvalue weighted by Crippen LogP contribution is 2.20. The number of carbonyl (C=O) groups excluding carboxylic acids is 2. The number of hydrogen-bond donors (Lipinski definition) is 1. The molecule has 1 aromatic heterocycles. The molecule has 0 spiro atoms. The number of carbonyl (C=O) groups is 2. The van der Waals surface area contributed by atoms with Gasteiger partial charge in [-0.3, -0.25) is 15.0 Å². The highest BCUT2D eigenvalue weighted by molar-refractivity contribution is 6.30. The summed E-state index contributed by atoms with van der Waals surface area (Å²) in [5, 5.41) is 9.49. The molecule has 1 heterocycles. The van der Waals surface area contributed by atoms with Gasteiger partial charge >= 0.3 is 0 Å². The third-order valence-corrected chi connectivity index (χ3v) is 6.51. The zero-order valence-electron chi connectivity index (χ0n) is 20.0. The van der Waals surface area contributed by atoms with Crippen LogP contribution < -0.4 is 5.62 Å². The van der Waals surface area contributed by atoms with Crippen LogP contribution in [-0.2, 0) is 19.5 Å². The van der Waals surface area contributed by atoms with E-state index in [0.29, 0.717) is 35.7 Å². The number of nitrogens with zero attached hydrogens (tertiary/aromatic N) is 3. The molecule has 4 rings (SSSR count). The van der Waals surface area contributed by atoms with Crippen molar-refractivity contribution < 1.29 is 9.59 Å². The van der Waals surface area contributed by atoms with Crippen molar-refractivity contribution in [2.75, 3.05) is 13.6 Å². The Morgan fingerprint density at radius 2 is 1.63 bits per heavy atom. The predicted octanol–water partition coefficient (Wildman–Crippen LogP) is 5.18. The molecule has 0 saturated heterocycles. The third kappa shape index (κ3) is 5.23. The SMILES string of the molecule is CCc1cccc2c1n(CCCN(C)C(=O)c1ccccc1)c(=N)n2CC(=O)c1ccc(Cl)cc1. The molecule has 0 radical (unpaired) electrons. The summed E-state index contributed by atoms with van der Waals surface area (Å²) < 4.78 is 3.73. The number of para-hydroxylation sites is 1. The van der Waals surface area contributed by atoms with Crippen molar-refractivity contribution in [1.29, 1.82) is 5.41 Å². The van der Waals surface area contributed by atoms with Crippen molar-refractivity contribution in [2.45, 2.75) is 32.9 Å². The fourth-order valence-electron chi connectivity index (χ4n) is 4.38. The number of aryl methyl sites for hydroxylation is 2.